The Kier molecular flexibility index (Phi) is 5.20. The van der Waals surface area contributed by atoms with Crippen LogP contribution in [0.25, 0.3) is 6.08 Å². The molecular weight excluding hydrogens is 222 g/mol. The maximum absolute atomic E-state index is 8.68. The molecule has 0 atom stereocenters. The van der Waals surface area contributed by atoms with E-state index in [2.05, 4.69) is 32.6 Å². The molecule has 94 valence electrons. The second-order valence-electron chi connectivity index (χ2n) is 4.05. The van der Waals surface area contributed by atoms with Crippen LogP contribution in [0.4, 0.5) is 0 Å². The standard InChI is InChI=1S/C16H19NO/c1-5-14-9-13(8-7-12(3)11-17)10-15(6-2)16(14)18-4/h7-10H,3,5-6H2,1-2,4H3/b8-7+. The van der Waals surface area contributed by atoms with Crippen LogP contribution in [0.2, 0.25) is 0 Å². The summed E-state index contributed by atoms with van der Waals surface area (Å²) in [5.41, 5.74) is 3.93. The Labute approximate surface area is 109 Å². The molecule has 1 aromatic carbocycles. The first-order chi connectivity index (χ1) is 8.65. The highest BCUT2D eigenvalue weighted by Gasteiger charge is 2.08. The Morgan fingerprint density at radius 2 is 1.89 bits per heavy atom. The molecule has 2 nitrogen and oxygen atoms in total. The van der Waals surface area contributed by atoms with Crippen LogP contribution in [-0.4, -0.2) is 7.11 Å². The zero-order valence-electron chi connectivity index (χ0n) is 11.3. The van der Waals surface area contributed by atoms with E-state index < -0.39 is 0 Å². The van der Waals surface area contributed by atoms with Crippen LogP contribution >= 0.6 is 0 Å². The van der Waals surface area contributed by atoms with Crippen molar-refractivity contribution >= 4 is 6.08 Å². The van der Waals surface area contributed by atoms with Gasteiger partial charge in [-0.1, -0.05) is 26.5 Å². The van der Waals surface area contributed by atoms with E-state index in [1.54, 1.807) is 13.2 Å². The molecule has 0 saturated carbocycles. The van der Waals surface area contributed by atoms with Gasteiger partial charge in [-0.2, -0.15) is 5.26 Å². The Morgan fingerprint density at radius 1 is 1.33 bits per heavy atom. The number of nitriles is 1. The highest BCUT2D eigenvalue weighted by Crippen LogP contribution is 2.27. The summed E-state index contributed by atoms with van der Waals surface area (Å²) in [6, 6.07) is 6.20. The van der Waals surface area contributed by atoms with E-state index >= 15 is 0 Å². The molecule has 0 heterocycles. The van der Waals surface area contributed by atoms with Crippen LogP contribution in [0.5, 0.6) is 5.75 Å². The number of hydrogen-bond donors (Lipinski definition) is 0. The fraction of sp³-hybridized carbons (Fsp3) is 0.312. The number of rotatable bonds is 5. The van der Waals surface area contributed by atoms with Gasteiger partial charge in [-0.3, -0.25) is 0 Å². The third-order valence-electron chi connectivity index (χ3n) is 2.85. The molecule has 0 aromatic heterocycles. The molecule has 0 aliphatic heterocycles. The topological polar surface area (TPSA) is 33.0 Å². The van der Waals surface area contributed by atoms with Crippen LogP contribution in [0.15, 0.2) is 30.4 Å². The lowest BCUT2D eigenvalue weighted by atomic mass is 10.00. The van der Waals surface area contributed by atoms with Crippen molar-refractivity contribution in [1.29, 1.82) is 5.26 Å². The minimum Gasteiger partial charge on any atom is -0.496 e. The highest BCUT2D eigenvalue weighted by atomic mass is 16.5. The number of aryl methyl sites for hydroxylation is 2. The molecule has 1 rings (SSSR count). The number of nitrogens with zero attached hydrogens (tertiary/aromatic N) is 1. The van der Waals surface area contributed by atoms with Crippen molar-refractivity contribution in [2.24, 2.45) is 0 Å². The molecule has 0 fully saturated rings. The number of ether oxygens (including phenoxy) is 1. The van der Waals surface area contributed by atoms with Gasteiger partial charge in [-0.15, -0.1) is 0 Å². The zero-order chi connectivity index (χ0) is 13.5. The van der Waals surface area contributed by atoms with Crippen molar-refractivity contribution in [1.82, 2.24) is 0 Å². The minimum absolute atomic E-state index is 0.460. The lowest BCUT2D eigenvalue weighted by molar-refractivity contribution is 0.405. The third kappa shape index (κ3) is 3.24. The fourth-order valence-electron chi connectivity index (χ4n) is 1.90. The van der Waals surface area contributed by atoms with Gasteiger partial charge in [-0.05, 0) is 47.7 Å². The highest BCUT2D eigenvalue weighted by molar-refractivity contribution is 5.59. The molecule has 0 saturated heterocycles. The van der Waals surface area contributed by atoms with Crippen LogP contribution < -0.4 is 4.74 Å². The average molecular weight is 241 g/mol. The van der Waals surface area contributed by atoms with E-state index in [1.165, 1.54) is 11.1 Å². The van der Waals surface area contributed by atoms with Crippen LogP contribution in [-0.2, 0) is 12.8 Å². The number of benzene rings is 1. The molecule has 0 radical (unpaired) electrons. The smallest absolute Gasteiger partial charge is 0.125 e. The maximum Gasteiger partial charge on any atom is 0.125 e. The monoisotopic (exact) mass is 241 g/mol. The molecule has 0 aliphatic rings. The van der Waals surface area contributed by atoms with Gasteiger partial charge in [0.1, 0.15) is 5.75 Å². The van der Waals surface area contributed by atoms with Crippen molar-refractivity contribution in [3.05, 3.63) is 47.1 Å². The zero-order valence-corrected chi connectivity index (χ0v) is 11.3. The largest absolute Gasteiger partial charge is 0.496 e. The summed E-state index contributed by atoms with van der Waals surface area (Å²) >= 11 is 0. The van der Waals surface area contributed by atoms with Gasteiger partial charge in [0.2, 0.25) is 0 Å². The Hall–Kier alpha value is -2.01. The molecule has 18 heavy (non-hydrogen) atoms. The van der Waals surface area contributed by atoms with Gasteiger partial charge in [0.25, 0.3) is 0 Å². The van der Waals surface area contributed by atoms with E-state index in [0.29, 0.717) is 5.57 Å². The van der Waals surface area contributed by atoms with Gasteiger partial charge in [0.15, 0.2) is 0 Å². The lowest BCUT2D eigenvalue weighted by Crippen LogP contribution is -1.97. The first-order valence-electron chi connectivity index (χ1n) is 6.13. The molecule has 0 spiro atoms. The molecular formula is C16H19NO. The van der Waals surface area contributed by atoms with Crippen LogP contribution in [0.3, 0.4) is 0 Å². The molecule has 0 amide bonds. The Balaban J connectivity index is 3.20. The number of methoxy groups -OCH3 is 1. The summed E-state index contributed by atoms with van der Waals surface area (Å²) in [5, 5.41) is 8.68. The Morgan fingerprint density at radius 3 is 2.28 bits per heavy atom. The van der Waals surface area contributed by atoms with Gasteiger partial charge >= 0.3 is 0 Å². The summed E-state index contributed by atoms with van der Waals surface area (Å²) in [6.45, 7) is 7.85. The molecule has 0 aliphatic carbocycles. The van der Waals surface area contributed by atoms with Crippen molar-refractivity contribution in [3.63, 3.8) is 0 Å². The van der Waals surface area contributed by atoms with Crippen molar-refractivity contribution in [3.8, 4) is 11.8 Å². The summed E-state index contributed by atoms with van der Waals surface area (Å²) in [5.74, 6) is 0.983. The predicted octanol–water partition coefficient (Wildman–Crippen LogP) is 3.91. The molecule has 1 aromatic rings. The van der Waals surface area contributed by atoms with E-state index in [9.17, 15) is 0 Å². The van der Waals surface area contributed by atoms with Gasteiger partial charge < -0.3 is 4.74 Å². The van der Waals surface area contributed by atoms with Crippen LogP contribution in [0.1, 0.15) is 30.5 Å². The first kappa shape index (κ1) is 14.1. The minimum atomic E-state index is 0.460. The summed E-state index contributed by atoms with van der Waals surface area (Å²) < 4.78 is 5.47. The number of hydrogen-bond acceptors (Lipinski definition) is 2. The van der Waals surface area contributed by atoms with Gasteiger partial charge in [-0.25, -0.2) is 0 Å². The van der Waals surface area contributed by atoms with Crippen molar-refractivity contribution < 1.29 is 4.74 Å². The summed E-state index contributed by atoms with van der Waals surface area (Å²) in [7, 11) is 1.71. The normalized spacial score (nSPS) is 10.3. The first-order valence-corrected chi connectivity index (χ1v) is 6.13. The van der Waals surface area contributed by atoms with E-state index in [1.807, 2.05) is 12.1 Å². The number of allylic oxidation sites excluding steroid dienone is 2. The molecule has 0 unspecified atom stereocenters. The second kappa shape index (κ2) is 6.66. The quantitative estimate of drug-likeness (QED) is 0.578. The third-order valence-corrected chi connectivity index (χ3v) is 2.85. The van der Waals surface area contributed by atoms with E-state index in [4.69, 9.17) is 10.00 Å². The van der Waals surface area contributed by atoms with Gasteiger partial charge in [0.05, 0.1) is 13.2 Å². The SMILES string of the molecule is C=C(C#N)/C=C/c1cc(CC)c(OC)c(CC)c1. The van der Waals surface area contributed by atoms with E-state index in [0.717, 1.165) is 24.2 Å². The lowest BCUT2D eigenvalue weighted by Gasteiger charge is -2.13. The maximum atomic E-state index is 8.68. The predicted molar refractivity (Wildman–Crippen MR) is 75.5 cm³/mol. The summed E-state index contributed by atoms with van der Waals surface area (Å²) in [6.07, 6.45) is 5.51. The van der Waals surface area contributed by atoms with Crippen molar-refractivity contribution in [2.45, 2.75) is 26.7 Å². The van der Waals surface area contributed by atoms with Crippen molar-refractivity contribution in [2.75, 3.05) is 7.11 Å². The van der Waals surface area contributed by atoms with E-state index in [-0.39, 0.29) is 0 Å². The van der Waals surface area contributed by atoms with Crippen LogP contribution in [0, 0.1) is 11.3 Å². The molecule has 0 bridgehead atoms. The van der Waals surface area contributed by atoms with Gasteiger partial charge in [0, 0.05) is 5.57 Å². The second-order valence-corrected chi connectivity index (χ2v) is 4.05. The fourth-order valence-corrected chi connectivity index (χ4v) is 1.90. The summed E-state index contributed by atoms with van der Waals surface area (Å²) in [4.78, 5) is 0. The molecule has 2 heteroatoms. The average Bonchev–Trinajstić information content (AvgIpc) is 2.43. The Bertz CT molecular complexity index is 481. The molecule has 0 N–H and O–H groups in total.